The smallest absolute Gasteiger partial charge is 0.164 e. The molecular formula is C65H44N6. The first kappa shape index (κ1) is 41.0. The second kappa shape index (κ2) is 16.0. The average Bonchev–Trinajstić information content (AvgIpc) is 3.69. The van der Waals surface area contributed by atoms with Gasteiger partial charge in [-0.15, -0.1) is 0 Å². The van der Waals surface area contributed by atoms with Crippen LogP contribution in [0, 0.1) is 0 Å². The maximum atomic E-state index is 5.27. The third-order valence-corrected chi connectivity index (χ3v) is 15.0. The first-order valence-electron chi connectivity index (χ1n) is 24.3. The van der Waals surface area contributed by atoms with Crippen LogP contribution in [0.3, 0.4) is 0 Å². The standard InChI is InChI=1S/C65H44N6/c1-65(2)54-27-15-14-25-51(54)58-46(26-16-28-55(58)65)39-29-31-43(32-30-39)62-67-61(42-21-10-5-11-22-42)70-64(71-62)45-34-36-50-53(38-45)57-48-24-13-12-23-47(48)56(50)52-37-44(33-35-49(52)57)63-68-59(40-17-6-3-7-18-40)66-60(69-63)41-19-8-4-9-20-41/h3-38,56-57H,1-2H3. The largest absolute Gasteiger partial charge is 0.208 e. The van der Waals surface area contributed by atoms with Crippen molar-refractivity contribution in [1.82, 2.24) is 29.9 Å². The van der Waals surface area contributed by atoms with Gasteiger partial charge in [0, 0.05) is 50.6 Å². The van der Waals surface area contributed by atoms with Crippen LogP contribution in [0.15, 0.2) is 218 Å². The summed E-state index contributed by atoms with van der Waals surface area (Å²) in [6.45, 7) is 4.66. The fraction of sp³-hybridized carbons (Fsp3) is 0.0769. The van der Waals surface area contributed by atoms with Crippen molar-refractivity contribution < 1.29 is 0 Å². The van der Waals surface area contributed by atoms with Crippen LogP contribution >= 0.6 is 0 Å². The van der Waals surface area contributed by atoms with Gasteiger partial charge in [-0.2, -0.15) is 0 Å². The van der Waals surface area contributed by atoms with Crippen molar-refractivity contribution in [2.45, 2.75) is 31.1 Å². The number of benzene rings is 9. The Kier molecular flexibility index (Phi) is 9.27. The molecule has 4 aliphatic carbocycles. The molecule has 15 rings (SSSR count). The van der Waals surface area contributed by atoms with Crippen molar-refractivity contribution in [2.24, 2.45) is 0 Å². The van der Waals surface area contributed by atoms with Crippen LogP contribution < -0.4 is 0 Å². The molecule has 0 fully saturated rings. The summed E-state index contributed by atoms with van der Waals surface area (Å²) < 4.78 is 0. The molecule has 0 saturated carbocycles. The minimum absolute atomic E-state index is 0.0211. The van der Waals surface area contributed by atoms with Crippen molar-refractivity contribution in [3.05, 3.63) is 263 Å². The molecule has 0 radical (unpaired) electrons. The van der Waals surface area contributed by atoms with E-state index in [1.54, 1.807) is 0 Å². The molecule has 2 atom stereocenters. The highest BCUT2D eigenvalue weighted by molar-refractivity contribution is 5.93. The lowest BCUT2D eigenvalue weighted by atomic mass is 9.61. The predicted octanol–water partition coefficient (Wildman–Crippen LogP) is 15.0. The Labute approximate surface area is 412 Å². The van der Waals surface area contributed by atoms with Crippen molar-refractivity contribution in [3.63, 3.8) is 0 Å². The summed E-state index contributed by atoms with van der Waals surface area (Å²) in [5.74, 6) is 3.92. The molecule has 0 amide bonds. The van der Waals surface area contributed by atoms with E-state index in [9.17, 15) is 0 Å². The molecule has 2 unspecified atom stereocenters. The lowest BCUT2D eigenvalue weighted by molar-refractivity contribution is 0.660. The zero-order valence-electron chi connectivity index (χ0n) is 39.1. The summed E-state index contributed by atoms with van der Waals surface area (Å²) in [7, 11) is 0. The molecule has 9 aromatic carbocycles. The van der Waals surface area contributed by atoms with Gasteiger partial charge in [-0.05, 0) is 78.9 Å². The third kappa shape index (κ3) is 6.63. The van der Waals surface area contributed by atoms with Crippen molar-refractivity contribution in [2.75, 3.05) is 0 Å². The van der Waals surface area contributed by atoms with Crippen molar-refractivity contribution >= 4 is 0 Å². The summed E-state index contributed by atoms with van der Waals surface area (Å²) in [4.78, 5) is 30.8. The van der Waals surface area contributed by atoms with Gasteiger partial charge in [0.1, 0.15) is 0 Å². The van der Waals surface area contributed by atoms with E-state index in [1.807, 2.05) is 54.6 Å². The molecule has 0 N–H and O–H groups in total. The molecule has 2 aromatic heterocycles. The minimum atomic E-state index is -0.0686. The van der Waals surface area contributed by atoms with Crippen LogP contribution in [0.5, 0.6) is 0 Å². The summed E-state index contributed by atoms with van der Waals surface area (Å²) in [5.41, 5.74) is 21.2. The highest BCUT2D eigenvalue weighted by atomic mass is 15.0. The molecule has 0 spiro atoms. The van der Waals surface area contributed by atoms with Gasteiger partial charge in [-0.3, -0.25) is 0 Å². The molecule has 0 saturated heterocycles. The van der Waals surface area contributed by atoms with Crippen molar-refractivity contribution in [3.8, 4) is 90.6 Å². The maximum absolute atomic E-state index is 5.27. The Bertz CT molecular complexity index is 3850. The van der Waals surface area contributed by atoms with E-state index in [0.29, 0.717) is 34.9 Å². The highest BCUT2D eigenvalue weighted by Crippen LogP contribution is 2.57. The fourth-order valence-electron chi connectivity index (χ4n) is 11.6. The topological polar surface area (TPSA) is 77.3 Å². The van der Waals surface area contributed by atoms with Gasteiger partial charge >= 0.3 is 0 Å². The van der Waals surface area contributed by atoms with Gasteiger partial charge in [0.25, 0.3) is 0 Å². The summed E-state index contributed by atoms with van der Waals surface area (Å²) in [6, 6.07) is 77.4. The zero-order valence-corrected chi connectivity index (χ0v) is 39.1. The third-order valence-electron chi connectivity index (χ3n) is 15.0. The van der Waals surface area contributed by atoms with E-state index in [-0.39, 0.29) is 17.3 Å². The predicted molar refractivity (Wildman–Crippen MR) is 284 cm³/mol. The van der Waals surface area contributed by atoms with Crippen LogP contribution in [0.1, 0.15) is 70.2 Å². The molecule has 6 heteroatoms. The Morgan fingerprint density at radius 2 is 0.606 bits per heavy atom. The number of fused-ring (bicyclic) bond motifs is 3. The van der Waals surface area contributed by atoms with E-state index in [0.717, 1.165) is 38.9 Å². The Balaban J connectivity index is 0.860. The molecular weight excluding hydrogens is 865 g/mol. The molecule has 4 aliphatic rings. The summed E-state index contributed by atoms with van der Waals surface area (Å²) in [6.07, 6.45) is 0. The van der Waals surface area contributed by atoms with E-state index in [2.05, 4.69) is 178 Å². The quantitative estimate of drug-likeness (QED) is 0.159. The van der Waals surface area contributed by atoms with E-state index >= 15 is 0 Å². The number of nitrogens with zero attached hydrogens (tertiary/aromatic N) is 6. The number of rotatable bonds is 7. The number of hydrogen-bond acceptors (Lipinski definition) is 6. The second-order valence-electron chi connectivity index (χ2n) is 19.4. The molecule has 11 aromatic rings. The lowest BCUT2D eigenvalue weighted by Gasteiger charge is -2.42. The van der Waals surface area contributed by atoms with Crippen molar-refractivity contribution in [1.29, 1.82) is 0 Å². The SMILES string of the molecule is CC1(C)c2ccccc2-c2c(-c3ccc(-c4nc(-c5ccccc5)nc(-c5ccc6c(c5)C5c7ccccc7C6c6cc(-c7nc(-c8ccccc8)nc(-c8ccccc8)n7)ccc65)n4)cc3)cccc21. The second-order valence-corrected chi connectivity index (χ2v) is 19.4. The first-order valence-corrected chi connectivity index (χ1v) is 24.3. The Hall–Kier alpha value is -9.00. The van der Waals surface area contributed by atoms with E-state index in [1.165, 1.54) is 61.2 Å². The van der Waals surface area contributed by atoms with Crippen LogP contribution in [0.4, 0.5) is 0 Å². The van der Waals surface area contributed by atoms with Gasteiger partial charge in [-0.25, -0.2) is 29.9 Å². The first-order chi connectivity index (χ1) is 34.9. The Morgan fingerprint density at radius 3 is 1.08 bits per heavy atom. The average molecular weight is 909 g/mol. The molecule has 0 aliphatic heterocycles. The van der Waals surface area contributed by atoms with Crippen LogP contribution in [0.25, 0.3) is 90.6 Å². The maximum Gasteiger partial charge on any atom is 0.164 e. The lowest BCUT2D eigenvalue weighted by Crippen LogP contribution is -2.27. The summed E-state index contributed by atoms with van der Waals surface area (Å²) >= 11 is 0. The van der Waals surface area contributed by atoms with Crippen LogP contribution in [-0.4, -0.2) is 29.9 Å². The normalized spacial score (nSPS) is 15.3. The molecule has 2 heterocycles. The molecule has 6 nitrogen and oxygen atoms in total. The van der Waals surface area contributed by atoms with Gasteiger partial charge in [0.2, 0.25) is 0 Å². The number of hydrogen-bond donors (Lipinski definition) is 0. The summed E-state index contributed by atoms with van der Waals surface area (Å²) in [5, 5.41) is 0. The van der Waals surface area contributed by atoms with Crippen LogP contribution in [-0.2, 0) is 5.41 Å². The monoisotopic (exact) mass is 908 g/mol. The highest BCUT2D eigenvalue weighted by Gasteiger charge is 2.42. The van der Waals surface area contributed by atoms with Gasteiger partial charge in [-0.1, -0.05) is 220 Å². The van der Waals surface area contributed by atoms with Gasteiger partial charge in [0.05, 0.1) is 0 Å². The molecule has 2 bridgehead atoms. The van der Waals surface area contributed by atoms with Gasteiger partial charge in [0.15, 0.2) is 34.9 Å². The Morgan fingerprint density at radius 1 is 0.268 bits per heavy atom. The molecule has 71 heavy (non-hydrogen) atoms. The van der Waals surface area contributed by atoms with Gasteiger partial charge < -0.3 is 0 Å². The molecule has 334 valence electrons. The fourth-order valence-corrected chi connectivity index (χ4v) is 11.6. The zero-order chi connectivity index (χ0) is 47.2. The van der Waals surface area contributed by atoms with E-state index < -0.39 is 0 Å². The number of aromatic nitrogens is 6. The van der Waals surface area contributed by atoms with E-state index in [4.69, 9.17) is 29.9 Å². The minimum Gasteiger partial charge on any atom is -0.208 e. The van der Waals surface area contributed by atoms with Crippen LogP contribution in [0.2, 0.25) is 0 Å².